The minimum atomic E-state index is 0.775. The number of furan rings is 1. The Labute approximate surface area is 114 Å². The molecule has 0 spiro atoms. The van der Waals surface area contributed by atoms with Crippen LogP contribution < -0.4 is 5.73 Å². The summed E-state index contributed by atoms with van der Waals surface area (Å²) in [4.78, 5) is 2.54. The highest BCUT2D eigenvalue weighted by atomic mass is 16.3. The molecular weight excluding hydrogens is 236 g/mol. The number of hydrogen-bond donors (Lipinski definition) is 1. The summed E-state index contributed by atoms with van der Waals surface area (Å²) in [5, 5.41) is 1.25. The molecule has 2 aromatic rings. The molecule has 1 aromatic carbocycles. The van der Waals surface area contributed by atoms with Gasteiger partial charge in [-0.25, -0.2) is 0 Å². The Kier molecular flexibility index (Phi) is 3.85. The first-order valence-corrected chi connectivity index (χ1v) is 7.24. The van der Waals surface area contributed by atoms with Gasteiger partial charge in [0.15, 0.2) is 0 Å². The third-order valence-electron chi connectivity index (χ3n) is 4.13. The molecule has 2 N–H and O–H groups in total. The number of nitrogens with two attached hydrogens (primary N) is 1. The maximum Gasteiger partial charge on any atom is 0.134 e. The molecule has 2 heterocycles. The van der Waals surface area contributed by atoms with E-state index in [0.29, 0.717) is 0 Å². The minimum absolute atomic E-state index is 0.775. The van der Waals surface area contributed by atoms with Crippen LogP contribution in [0.2, 0.25) is 0 Å². The summed E-state index contributed by atoms with van der Waals surface area (Å²) in [5.41, 5.74) is 7.98. The molecule has 1 aliphatic heterocycles. The number of benzene rings is 1. The maximum absolute atomic E-state index is 5.68. The van der Waals surface area contributed by atoms with Crippen LogP contribution in [-0.4, -0.2) is 24.5 Å². The van der Waals surface area contributed by atoms with Crippen molar-refractivity contribution in [3.63, 3.8) is 0 Å². The predicted molar refractivity (Wildman–Crippen MR) is 77.9 cm³/mol. The van der Waals surface area contributed by atoms with Crippen molar-refractivity contribution in [1.82, 2.24) is 4.90 Å². The highest BCUT2D eigenvalue weighted by Crippen LogP contribution is 2.25. The summed E-state index contributed by atoms with van der Waals surface area (Å²) in [6.45, 7) is 4.18. The average Bonchev–Trinajstić information content (AvgIpc) is 2.83. The summed E-state index contributed by atoms with van der Waals surface area (Å²) in [7, 11) is 0. The first-order chi connectivity index (χ1) is 9.36. The van der Waals surface area contributed by atoms with Crippen molar-refractivity contribution in [2.24, 2.45) is 11.7 Å². The number of rotatable bonds is 4. The van der Waals surface area contributed by atoms with Gasteiger partial charge in [0.1, 0.15) is 5.58 Å². The van der Waals surface area contributed by atoms with Crippen LogP contribution in [0, 0.1) is 5.92 Å². The first kappa shape index (κ1) is 12.7. The molecule has 1 saturated heterocycles. The largest absolute Gasteiger partial charge is 0.464 e. The van der Waals surface area contributed by atoms with E-state index in [2.05, 4.69) is 17.0 Å². The lowest BCUT2D eigenvalue weighted by Crippen LogP contribution is -2.35. The molecule has 3 heteroatoms. The zero-order valence-corrected chi connectivity index (χ0v) is 11.3. The normalized spacial score (nSPS) is 21.0. The van der Waals surface area contributed by atoms with Crippen LogP contribution in [-0.2, 0) is 6.54 Å². The second kappa shape index (κ2) is 5.76. The first-order valence-electron chi connectivity index (χ1n) is 7.24. The monoisotopic (exact) mass is 258 g/mol. The van der Waals surface area contributed by atoms with Gasteiger partial charge in [-0.1, -0.05) is 18.2 Å². The van der Waals surface area contributed by atoms with E-state index in [9.17, 15) is 0 Å². The van der Waals surface area contributed by atoms with Crippen molar-refractivity contribution < 1.29 is 4.42 Å². The molecule has 0 bridgehead atoms. The average molecular weight is 258 g/mol. The van der Waals surface area contributed by atoms with Crippen molar-refractivity contribution in [2.45, 2.75) is 25.8 Å². The molecule has 1 atom stereocenters. The Hall–Kier alpha value is -1.32. The lowest BCUT2D eigenvalue weighted by atomic mass is 9.94. The van der Waals surface area contributed by atoms with Gasteiger partial charge in [-0.05, 0) is 44.3 Å². The lowest BCUT2D eigenvalue weighted by Gasteiger charge is -2.32. The van der Waals surface area contributed by atoms with Crippen molar-refractivity contribution in [3.8, 4) is 0 Å². The predicted octanol–water partition coefficient (Wildman–Crippen LogP) is 2.99. The zero-order chi connectivity index (χ0) is 13.1. The fraction of sp³-hybridized carbons (Fsp3) is 0.500. The van der Waals surface area contributed by atoms with Crippen LogP contribution in [0.4, 0.5) is 0 Å². The fourth-order valence-corrected chi connectivity index (χ4v) is 3.16. The SMILES string of the molecule is NCCC1CCCN(Cc2coc3ccccc23)C1. The van der Waals surface area contributed by atoms with E-state index in [1.807, 2.05) is 18.4 Å². The van der Waals surface area contributed by atoms with Crippen LogP contribution in [0.3, 0.4) is 0 Å². The Balaban J connectivity index is 1.70. The van der Waals surface area contributed by atoms with E-state index in [1.54, 1.807) is 0 Å². The van der Waals surface area contributed by atoms with Crippen LogP contribution >= 0.6 is 0 Å². The van der Waals surface area contributed by atoms with Gasteiger partial charge < -0.3 is 10.2 Å². The standard InChI is InChI=1S/C16H22N2O/c17-8-7-13-4-3-9-18(10-13)11-14-12-19-16-6-2-1-5-15(14)16/h1-2,5-6,12-13H,3-4,7-11,17H2. The molecule has 3 nitrogen and oxygen atoms in total. The number of para-hydroxylation sites is 1. The number of likely N-dealkylation sites (tertiary alicyclic amines) is 1. The van der Waals surface area contributed by atoms with Crippen LogP contribution in [0.5, 0.6) is 0 Å². The zero-order valence-electron chi connectivity index (χ0n) is 11.3. The number of nitrogens with zero attached hydrogens (tertiary/aromatic N) is 1. The van der Waals surface area contributed by atoms with Gasteiger partial charge in [-0.2, -0.15) is 0 Å². The molecule has 1 aliphatic rings. The molecule has 0 saturated carbocycles. The highest BCUT2D eigenvalue weighted by Gasteiger charge is 2.20. The number of piperidine rings is 1. The third-order valence-corrected chi connectivity index (χ3v) is 4.13. The minimum Gasteiger partial charge on any atom is -0.464 e. The maximum atomic E-state index is 5.68. The summed E-state index contributed by atoms with van der Waals surface area (Å²) in [6.07, 6.45) is 5.69. The summed E-state index contributed by atoms with van der Waals surface area (Å²) >= 11 is 0. The second-order valence-electron chi connectivity index (χ2n) is 5.58. The molecule has 1 fully saturated rings. The smallest absolute Gasteiger partial charge is 0.134 e. The van der Waals surface area contributed by atoms with E-state index >= 15 is 0 Å². The van der Waals surface area contributed by atoms with Crippen LogP contribution in [0.15, 0.2) is 34.9 Å². The molecule has 19 heavy (non-hydrogen) atoms. The summed E-state index contributed by atoms with van der Waals surface area (Å²) in [6, 6.07) is 8.28. The third kappa shape index (κ3) is 2.82. The van der Waals surface area contributed by atoms with Crippen LogP contribution in [0.1, 0.15) is 24.8 Å². The fourth-order valence-electron chi connectivity index (χ4n) is 3.16. The second-order valence-corrected chi connectivity index (χ2v) is 5.58. The Morgan fingerprint density at radius 2 is 2.21 bits per heavy atom. The van der Waals surface area contributed by atoms with Crippen molar-refractivity contribution in [2.75, 3.05) is 19.6 Å². The van der Waals surface area contributed by atoms with Gasteiger partial charge in [0, 0.05) is 24.0 Å². The number of fused-ring (bicyclic) bond motifs is 1. The highest BCUT2D eigenvalue weighted by molar-refractivity contribution is 5.80. The Morgan fingerprint density at radius 3 is 3.11 bits per heavy atom. The number of hydrogen-bond acceptors (Lipinski definition) is 3. The topological polar surface area (TPSA) is 42.4 Å². The van der Waals surface area contributed by atoms with Gasteiger partial charge in [0.05, 0.1) is 6.26 Å². The van der Waals surface area contributed by atoms with Crippen molar-refractivity contribution in [3.05, 3.63) is 36.1 Å². The summed E-state index contributed by atoms with van der Waals surface area (Å²) in [5.74, 6) is 0.775. The van der Waals surface area contributed by atoms with Gasteiger partial charge in [0.2, 0.25) is 0 Å². The van der Waals surface area contributed by atoms with Gasteiger partial charge in [-0.3, -0.25) is 4.90 Å². The van der Waals surface area contributed by atoms with Crippen molar-refractivity contribution in [1.29, 1.82) is 0 Å². The molecule has 1 aromatic heterocycles. The van der Waals surface area contributed by atoms with Crippen molar-refractivity contribution >= 4 is 11.0 Å². The van der Waals surface area contributed by atoms with E-state index in [-0.39, 0.29) is 0 Å². The lowest BCUT2D eigenvalue weighted by molar-refractivity contribution is 0.163. The molecule has 0 radical (unpaired) electrons. The molecule has 3 rings (SSSR count). The molecular formula is C16H22N2O. The summed E-state index contributed by atoms with van der Waals surface area (Å²) < 4.78 is 5.62. The van der Waals surface area contributed by atoms with E-state index in [1.165, 1.54) is 36.9 Å². The molecule has 102 valence electrons. The quantitative estimate of drug-likeness (QED) is 0.916. The Bertz CT molecular complexity index is 532. The molecule has 0 aliphatic carbocycles. The van der Waals surface area contributed by atoms with E-state index in [0.717, 1.165) is 31.0 Å². The van der Waals surface area contributed by atoms with Gasteiger partial charge >= 0.3 is 0 Å². The van der Waals surface area contributed by atoms with Gasteiger partial charge in [0.25, 0.3) is 0 Å². The van der Waals surface area contributed by atoms with Gasteiger partial charge in [-0.15, -0.1) is 0 Å². The van der Waals surface area contributed by atoms with Crippen LogP contribution in [0.25, 0.3) is 11.0 Å². The Morgan fingerprint density at radius 1 is 1.32 bits per heavy atom. The van der Waals surface area contributed by atoms with E-state index < -0.39 is 0 Å². The molecule has 0 amide bonds. The molecule has 1 unspecified atom stereocenters. The van der Waals surface area contributed by atoms with E-state index in [4.69, 9.17) is 10.2 Å².